The van der Waals surface area contributed by atoms with Crippen molar-refractivity contribution in [2.45, 2.75) is 6.92 Å². The highest BCUT2D eigenvalue weighted by Gasteiger charge is 2.13. The molecule has 0 unspecified atom stereocenters. The maximum atomic E-state index is 13.3. The van der Waals surface area contributed by atoms with E-state index in [0.29, 0.717) is 22.6 Å². The third-order valence-corrected chi connectivity index (χ3v) is 2.27. The number of rotatable bonds is 2. The predicted molar refractivity (Wildman–Crippen MR) is 57.6 cm³/mol. The van der Waals surface area contributed by atoms with Gasteiger partial charge in [0.15, 0.2) is 11.6 Å². The van der Waals surface area contributed by atoms with E-state index in [1.54, 1.807) is 19.1 Å². The Bertz CT molecular complexity index is 523. The first-order chi connectivity index (χ1) is 7.61. The van der Waals surface area contributed by atoms with Crippen LogP contribution < -0.4 is 10.5 Å². The zero-order chi connectivity index (χ0) is 11.7. The number of hydrogen-bond acceptors (Lipinski definition) is 4. The van der Waals surface area contributed by atoms with Gasteiger partial charge in [-0.05, 0) is 18.6 Å². The lowest BCUT2D eigenvalue weighted by atomic mass is 10.1. The average molecular weight is 222 g/mol. The van der Waals surface area contributed by atoms with Gasteiger partial charge in [-0.15, -0.1) is 0 Å². The summed E-state index contributed by atoms with van der Waals surface area (Å²) in [5.74, 6) is 0.795. The van der Waals surface area contributed by atoms with Crippen molar-refractivity contribution in [3.8, 4) is 17.1 Å². The molecular formula is C11H11FN2O2. The van der Waals surface area contributed by atoms with Crippen LogP contribution in [0.2, 0.25) is 0 Å². The van der Waals surface area contributed by atoms with Gasteiger partial charge in [0, 0.05) is 12.1 Å². The highest BCUT2D eigenvalue weighted by atomic mass is 19.1. The van der Waals surface area contributed by atoms with Gasteiger partial charge in [0.25, 0.3) is 0 Å². The van der Waals surface area contributed by atoms with Crippen molar-refractivity contribution in [1.29, 1.82) is 0 Å². The molecule has 0 amide bonds. The molecule has 0 radical (unpaired) electrons. The largest absolute Gasteiger partial charge is 0.496 e. The molecular weight excluding hydrogens is 211 g/mol. The Morgan fingerprint density at radius 2 is 2.12 bits per heavy atom. The van der Waals surface area contributed by atoms with E-state index in [-0.39, 0.29) is 11.6 Å². The predicted octanol–water partition coefficient (Wildman–Crippen LogP) is 2.38. The average Bonchev–Trinajstić information content (AvgIpc) is 2.68. The Balaban J connectivity index is 2.59. The number of halogens is 1. The van der Waals surface area contributed by atoms with Crippen LogP contribution in [0.3, 0.4) is 0 Å². The molecule has 0 bridgehead atoms. The van der Waals surface area contributed by atoms with E-state index in [1.165, 1.54) is 13.2 Å². The topological polar surface area (TPSA) is 61.3 Å². The second kappa shape index (κ2) is 3.84. The van der Waals surface area contributed by atoms with Gasteiger partial charge in [-0.2, -0.15) is 0 Å². The van der Waals surface area contributed by atoms with Gasteiger partial charge in [0.05, 0.1) is 12.7 Å². The second-order valence-electron chi connectivity index (χ2n) is 3.42. The number of nitrogens with two attached hydrogens (primary N) is 1. The number of anilines is 1. The van der Waals surface area contributed by atoms with Crippen LogP contribution in [-0.4, -0.2) is 12.3 Å². The summed E-state index contributed by atoms with van der Waals surface area (Å²) >= 11 is 0. The zero-order valence-electron chi connectivity index (χ0n) is 8.95. The summed E-state index contributed by atoms with van der Waals surface area (Å²) in [7, 11) is 1.47. The number of methoxy groups -OCH3 is 1. The summed E-state index contributed by atoms with van der Waals surface area (Å²) < 4.78 is 23.4. The van der Waals surface area contributed by atoms with Gasteiger partial charge >= 0.3 is 0 Å². The molecule has 0 saturated carbocycles. The van der Waals surface area contributed by atoms with E-state index in [0.717, 1.165) is 0 Å². The van der Waals surface area contributed by atoms with Crippen molar-refractivity contribution >= 4 is 5.82 Å². The molecule has 0 atom stereocenters. The molecule has 1 aromatic carbocycles. The van der Waals surface area contributed by atoms with Gasteiger partial charge in [0.1, 0.15) is 11.6 Å². The fourth-order valence-corrected chi connectivity index (χ4v) is 1.44. The van der Waals surface area contributed by atoms with Gasteiger partial charge in [-0.3, -0.25) is 0 Å². The van der Waals surface area contributed by atoms with E-state index in [1.807, 2.05) is 0 Å². The second-order valence-corrected chi connectivity index (χ2v) is 3.42. The molecule has 84 valence electrons. The lowest BCUT2D eigenvalue weighted by Crippen LogP contribution is -1.91. The van der Waals surface area contributed by atoms with Crippen molar-refractivity contribution in [2.24, 2.45) is 0 Å². The maximum Gasteiger partial charge on any atom is 0.172 e. The minimum atomic E-state index is -0.326. The van der Waals surface area contributed by atoms with E-state index in [9.17, 15) is 4.39 Å². The highest BCUT2D eigenvalue weighted by molar-refractivity contribution is 5.68. The molecule has 0 aliphatic rings. The van der Waals surface area contributed by atoms with Gasteiger partial charge in [-0.25, -0.2) is 4.39 Å². The lowest BCUT2D eigenvalue weighted by molar-refractivity contribution is 0.404. The monoisotopic (exact) mass is 222 g/mol. The third kappa shape index (κ3) is 1.71. The van der Waals surface area contributed by atoms with Crippen molar-refractivity contribution in [1.82, 2.24) is 5.16 Å². The van der Waals surface area contributed by atoms with E-state index >= 15 is 0 Å². The lowest BCUT2D eigenvalue weighted by Gasteiger charge is -2.07. The minimum Gasteiger partial charge on any atom is -0.496 e. The van der Waals surface area contributed by atoms with Crippen LogP contribution in [0.25, 0.3) is 11.3 Å². The van der Waals surface area contributed by atoms with Crippen LogP contribution in [0.15, 0.2) is 22.7 Å². The van der Waals surface area contributed by atoms with Crippen molar-refractivity contribution < 1.29 is 13.7 Å². The highest BCUT2D eigenvalue weighted by Crippen LogP contribution is 2.32. The summed E-state index contributed by atoms with van der Waals surface area (Å²) in [6.07, 6.45) is 0. The fraction of sp³-hybridized carbons (Fsp3) is 0.182. The van der Waals surface area contributed by atoms with Crippen LogP contribution in [0.1, 0.15) is 5.56 Å². The molecule has 1 heterocycles. The number of hydrogen-bond donors (Lipinski definition) is 1. The van der Waals surface area contributed by atoms with E-state index in [2.05, 4.69) is 5.16 Å². The number of nitrogen functional groups attached to an aromatic ring is 1. The van der Waals surface area contributed by atoms with Gasteiger partial charge < -0.3 is 15.0 Å². The Morgan fingerprint density at radius 1 is 1.38 bits per heavy atom. The molecule has 2 aromatic rings. The van der Waals surface area contributed by atoms with Crippen LogP contribution in [0.5, 0.6) is 5.75 Å². The number of nitrogens with zero attached hydrogens (tertiary/aromatic N) is 1. The number of benzene rings is 1. The summed E-state index contributed by atoms with van der Waals surface area (Å²) in [6.45, 7) is 1.66. The molecule has 5 heteroatoms. The minimum absolute atomic E-state index is 0.277. The van der Waals surface area contributed by atoms with Crippen LogP contribution in [0.4, 0.5) is 10.2 Å². The Hall–Kier alpha value is -2.04. The SMILES string of the molecule is COc1cc(F)c(C)cc1-c1cc(N)no1. The standard InChI is InChI=1S/C11H11FN2O2/c1-6-3-7(9(15-2)4-8(6)12)10-5-11(13)14-16-10/h3-5H,1-2H3,(H2,13,14). The number of aromatic nitrogens is 1. The molecule has 0 saturated heterocycles. The normalized spacial score (nSPS) is 10.4. The van der Waals surface area contributed by atoms with Crippen molar-refractivity contribution in [3.63, 3.8) is 0 Å². The molecule has 2 rings (SSSR count). The summed E-state index contributed by atoms with van der Waals surface area (Å²) in [5.41, 5.74) is 6.59. The Kier molecular flexibility index (Phi) is 2.52. The molecule has 0 aliphatic carbocycles. The summed E-state index contributed by atoms with van der Waals surface area (Å²) in [4.78, 5) is 0. The third-order valence-electron chi connectivity index (χ3n) is 2.27. The van der Waals surface area contributed by atoms with Gasteiger partial charge in [-0.1, -0.05) is 5.16 Å². The van der Waals surface area contributed by atoms with Gasteiger partial charge in [0.2, 0.25) is 0 Å². The smallest absolute Gasteiger partial charge is 0.172 e. The molecule has 2 N–H and O–H groups in total. The van der Waals surface area contributed by atoms with Crippen molar-refractivity contribution in [3.05, 3.63) is 29.6 Å². The van der Waals surface area contributed by atoms with E-state index in [4.69, 9.17) is 15.0 Å². The quantitative estimate of drug-likeness (QED) is 0.847. The van der Waals surface area contributed by atoms with Crippen molar-refractivity contribution in [2.75, 3.05) is 12.8 Å². The maximum absolute atomic E-state index is 13.3. The zero-order valence-corrected chi connectivity index (χ0v) is 8.95. The van der Waals surface area contributed by atoms with Crippen LogP contribution in [-0.2, 0) is 0 Å². The molecule has 1 aromatic heterocycles. The Morgan fingerprint density at radius 3 is 2.69 bits per heavy atom. The Labute approximate surface area is 91.8 Å². The molecule has 4 nitrogen and oxygen atoms in total. The fourth-order valence-electron chi connectivity index (χ4n) is 1.44. The van der Waals surface area contributed by atoms with Crippen LogP contribution in [0, 0.1) is 12.7 Å². The summed E-state index contributed by atoms with van der Waals surface area (Å²) in [5, 5.41) is 3.57. The van der Waals surface area contributed by atoms with E-state index < -0.39 is 0 Å². The summed E-state index contributed by atoms with van der Waals surface area (Å²) in [6, 6.07) is 4.51. The molecule has 0 spiro atoms. The first kappa shape index (κ1) is 10.5. The molecule has 16 heavy (non-hydrogen) atoms. The first-order valence-corrected chi connectivity index (χ1v) is 4.68. The number of ether oxygens (including phenoxy) is 1. The first-order valence-electron chi connectivity index (χ1n) is 4.68. The number of aryl methyl sites for hydroxylation is 1. The van der Waals surface area contributed by atoms with Crippen LogP contribution >= 0.6 is 0 Å². The molecule has 0 aliphatic heterocycles. The molecule has 0 fully saturated rings.